The van der Waals surface area contributed by atoms with Crippen molar-refractivity contribution in [2.75, 3.05) is 11.9 Å². The van der Waals surface area contributed by atoms with E-state index in [1.54, 1.807) is 0 Å². The van der Waals surface area contributed by atoms with E-state index in [1.165, 1.54) is 22.4 Å². The van der Waals surface area contributed by atoms with E-state index in [0.29, 0.717) is 18.3 Å². The van der Waals surface area contributed by atoms with Crippen LogP contribution in [0.5, 0.6) is 5.75 Å². The molecule has 1 aliphatic rings. The third-order valence-corrected chi connectivity index (χ3v) is 6.36. The minimum absolute atomic E-state index is 0.342. The minimum atomic E-state index is 0.342. The molecule has 0 amide bonds. The predicted molar refractivity (Wildman–Crippen MR) is 136 cm³/mol. The van der Waals surface area contributed by atoms with E-state index in [0.717, 1.165) is 35.7 Å². The van der Waals surface area contributed by atoms with Gasteiger partial charge in [0, 0.05) is 24.5 Å². The van der Waals surface area contributed by atoms with Crippen molar-refractivity contribution in [1.29, 1.82) is 0 Å². The lowest BCUT2D eigenvalue weighted by atomic mass is 9.81. The summed E-state index contributed by atoms with van der Waals surface area (Å²) in [6.45, 7) is 8.91. The van der Waals surface area contributed by atoms with Crippen LogP contribution in [0.4, 0.5) is 5.82 Å². The second kappa shape index (κ2) is 10.0. The molecule has 2 aromatic carbocycles. The van der Waals surface area contributed by atoms with Gasteiger partial charge in [-0.25, -0.2) is 9.97 Å². The first-order valence-electron chi connectivity index (χ1n) is 11.7. The zero-order valence-corrected chi connectivity index (χ0v) is 20.3. The van der Waals surface area contributed by atoms with Crippen LogP contribution in [0.25, 0.3) is 5.57 Å². The van der Waals surface area contributed by atoms with Crippen molar-refractivity contribution >= 4 is 11.4 Å². The molecule has 170 valence electrons. The summed E-state index contributed by atoms with van der Waals surface area (Å²) in [5.41, 5.74) is 7.34. The van der Waals surface area contributed by atoms with Crippen LogP contribution in [-0.2, 0) is 6.61 Å². The molecule has 4 nitrogen and oxygen atoms in total. The van der Waals surface area contributed by atoms with Gasteiger partial charge in [0.1, 0.15) is 18.2 Å². The number of likely N-dealkylation sites (N-methyl/N-ethyl adjacent to an activating group) is 1. The number of ether oxygens (including phenoxy) is 1. The number of benzene rings is 2. The van der Waals surface area contributed by atoms with Gasteiger partial charge >= 0.3 is 0 Å². The Kier molecular flexibility index (Phi) is 6.93. The van der Waals surface area contributed by atoms with Crippen molar-refractivity contribution < 1.29 is 4.74 Å². The van der Waals surface area contributed by atoms with E-state index in [9.17, 15) is 0 Å². The summed E-state index contributed by atoms with van der Waals surface area (Å²) < 4.78 is 6.02. The van der Waals surface area contributed by atoms with Crippen molar-refractivity contribution in [3.63, 3.8) is 0 Å². The SMILES string of the molecule is CCC1CC(C)=C(N(C)c2cc(C)nc(COc3ccccc3C)n2)C=C1c1ccccc1. The van der Waals surface area contributed by atoms with Gasteiger partial charge in [0.05, 0.1) is 0 Å². The van der Waals surface area contributed by atoms with Gasteiger partial charge in [-0.15, -0.1) is 0 Å². The van der Waals surface area contributed by atoms with Gasteiger partial charge in [-0.1, -0.05) is 55.5 Å². The Morgan fingerprint density at radius 1 is 0.970 bits per heavy atom. The highest BCUT2D eigenvalue weighted by molar-refractivity contribution is 5.74. The predicted octanol–water partition coefficient (Wildman–Crippen LogP) is 6.90. The van der Waals surface area contributed by atoms with Gasteiger partial charge < -0.3 is 9.64 Å². The lowest BCUT2D eigenvalue weighted by Gasteiger charge is -2.31. The minimum Gasteiger partial charge on any atom is -0.485 e. The van der Waals surface area contributed by atoms with Gasteiger partial charge in [-0.3, -0.25) is 0 Å². The first-order chi connectivity index (χ1) is 16.0. The van der Waals surface area contributed by atoms with Gasteiger partial charge in [-0.2, -0.15) is 0 Å². The highest BCUT2D eigenvalue weighted by Crippen LogP contribution is 2.38. The molecule has 4 heteroatoms. The zero-order chi connectivity index (χ0) is 23.4. The smallest absolute Gasteiger partial charge is 0.168 e. The summed E-state index contributed by atoms with van der Waals surface area (Å²) in [6, 6.07) is 20.8. The van der Waals surface area contributed by atoms with Gasteiger partial charge in [0.15, 0.2) is 5.82 Å². The number of nitrogens with zero attached hydrogens (tertiary/aromatic N) is 3. The molecule has 0 aliphatic heterocycles. The Hall–Kier alpha value is -3.40. The van der Waals surface area contributed by atoms with Crippen molar-refractivity contribution in [1.82, 2.24) is 9.97 Å². The summed E-state index contributed by atoms with van der Waals surface area (Å²) in [7, 11) is 2.10. The van der Waals surface area contributed by atoms with E-state index in [2.05, 4.69) is 67.2 Å². The molecule has 0 saturated carbocycles. The standard InChI is InChI=1S/C29H33N3O/c1-6-23-16-21(3)26(18-25(23)24-13-8-7-9-14-24)32(5)29-17-22(4)30-28(31-29)19-33-27-15-11-10-12-20(27)2/h7-15,17-18,23H,6,16,19H2,1-5H3. The van der Waals surface area contributed by atoms with Crippen LogP contribution in [-0.4, -0.2) is 17.0 Å². The van der Waals surface area contributed by atoms with E-state index in [-0.39, 0.29) is 0 Å². The third kappa shape index (κ3) is 5.16. The molecule has 3 aromatic rings. The number of hydrogen-bond donors (Lipinski definition) is 0. The number of aryl methyl sites for hydroxylation is 2. The molecule has 1 aliphatic carbocycles. The van der Waals surface area contributed by atoms with Crippen molar-refractivity contribution in [3.8, 4) is 5.75 Å². The molecule has 0 N–H and O–H groups in total. The monoisotopic (exact) mass is 439 g/mol. The van der Waals surface area contributed by atoms with Gasteiger partial charge in [0.25, 0.3) is 0 Å². The summed E-state index contributed by atoms with van der Waals surface area (Å²) >= 11 is 0. The highest BCUT2D eigenvalue weighted by atomic mass is 16.5. The Morgan fingerprint density at radius 2 is 1.70 bits per heavy atom. The van der Waals surface area contributed by atoms with E-state index in [1.807, 2.05) is 44.2 Å². The molecule has 1 unspecified atom stereocenters. The number of aromatic nitrogens is 2. The van der Waals surface area contributed by atoms with E-state index in [4.69, 9.17) is 9.72 Å². The molecular weight excluding hydrogens is 406 g/mol. The van der Waals surface area contributed by atoms with Crippen molar-refractivity contribution in [2.45, 2.75) is 47.1 Å². The summed E-state index contributed by atoms with van der Waals surface area (Å²) in [4.78, 5) is 11.7. The maximum Gasteiger partial charge on any atom is 0.168 e. The van der Waals surface area contributed by atoms with Crippen LogP contribution in [0.2, 0.25) is 0 Å². The Morgan fingerprint density at radius 3 is 2.42 bits per heavy atom. The number of rotatable bonds is 7. The summed E-state index contributed by atoms with van der Waals surface area (Å²) in [5, 5.41) is 0. The average molecular weight is 440 g/mol. The molecule has 1 aromatic heterocycles. The molecule has 33 heavy (non-hydrogen) atoms. The van der Waals surface area contributed by atoms with Crippen molar-refractivity contribution in [2.24, 2.45) is 5.92 Å². The molecule has 4 rings (SSSR count). The fraction of sp³-hybridized carbons (Fsp3) is 0.310. The quantitative estimate of drug-likeness (QED) is 0.401. The fourth-order valence-electron chi connectivity index (χ4n) is 4.50. The third-order valence-electron chi connectivity index (χ3n) is 6.36. The number of hydrogen-bond acceptors (Lipinski definition) is 4. The maximum atomic E-state index is 6.02. The first-order valence-corrected chi connectivity index (χ1v) is 11.7. The number of allylic oxidation sites excluding steroid dienone is 3. The Bertz CT molecular complexity index is 1180. The topological polar surface area (TPSA) is 38.2 Å². The van der Waals surface area contributed by atoms with Crippen LogP contribution in [0, 0.1) is 19.8 Å². The molecule has 0 saturated heterocycles. The lowest BCUT2D eigenvalue weighted by molar-refractivity contribution is 0.293. The lowest BCUT2D eigenvalue weighted by Crippen LogP contribution is -2.23. The first kappa shape index (κ1) is 22.8. The van der Waals surface area contributed by atoms with Crippen LogP contribution < -0.4 is 9.64 Å². The molecule has 0 radical (unpaired) electrons. The van der Waals surface area contributed by atoms with Crippen LogP contribution in [0.15, 0.2) is 78.0 Å². The number of para-hydroxylation sites is 1. The summed E-state index contributed by atoms with van der Waals surface area (Å²) in [5.74, 6) is 2.98. The fourth-order valence-corrected chi connectivity index (χ4v) is 4.50. The van der Waals surface area contributed by atoms with Crippen LogP contribution >= 0.6 is 0 Å². The van der Waals surface area contributed by atoms with Crippen molar-refractivity contribution in [3.05, 3.63) is 101 Å². The Balaban J connectivity index is 1.62. The van der Waals surface area contributed by atoms with Gasteiger partial charge in [-0.05, 0) is 73.9 Å². The highest BCUT2D eigenvalue weighted by Gasteiger charge is 2.24. The maximum absolute atomic E-state index is 6.02. The Labute approximate surface area is 197 Å². The summed E-state index contributed by atoms with van der Waals surface area (Å²) in [6.07, 6.45) is 4.54. The second-order valence-electron chi connectivity index (χ2n) is 8.84. The normalized spacial score (nSPS) is 15.9. The average Bonchev–Trinajstić information content (AvgIpc) is 2.83. The zero-order valence-electron chi connectivity index (χ0n) is 20.3. The van der Waals surface area contributed by atoms with Crippen LogP contribution in [0.1, 0.15) is 49.3 Å². The molecule has 1 heterocycles. The molecular formula is C29H33N3O. The molecule has 0 fully saturated rings. The molecule has 0 spiro atoms. The van der Waals surface area contributed by atoms with E-state index < -0.39 is 0 Å². The van der Waals surface area contributed by atoms with Crippen LogP contribution in [0.3, 0.4) is 0 Å². The van der Waals surface area contributed by atoms with E-state index >= 15 is 0 Å². The number of anilines is 1. The largest absolute Gasteiger partial charge is 0.485 e. The van der Waals surface area contributed by atoms with Gasteiger partial charge in [0.2, 0.25) is 0 Å². The molecule has 0 bridgehead atoms. The second-order valence-corrected chi connectivity index (χ2v) is 8.84. The molecule has 1 atom stereocenters.